The molecule has 0 saturated heterocycles. The van der Waals surface area contributed by atoms with Crippen LogP contribution in [0.3, 0.4) is 0 Å². The van der Waals surface area contributed by atoms with E-state index in [9.17, 15) is 4.79 Å². The molecule has 0 aromatic heterocycles. The number of benzene rings is 1. The van der Waals surface area contributed by atoms with Crippen molar-refractivity contribution in [3.05, 3.63) is 35.4 Å². The molecule has 1 nitrogen and oxygen atoms in total. The lowest BCUT2D eigenvalue weighted by Crippen LogP contribution is -2.27. The molecule has 2 aliphatic rings. The molecule has 3 atom stereocenters. The van der Waals surface area contributed by atoms with Crippen LogP contribution in [0.2, 0.25) is 0 Å². The summed E-state index contributed by atoms with van der Waals surface area (Å²) in [5, 5.41) is 0. The molecule has 0 spiro atoms. The number of hydrogen-bond acceptors (Lipinski definition) is 1. The monoisotopic (exact) mass is 256 g/mol. The minimum Gasteiger partial charge on any atom is -0.294 e. The van der Waals surface area contributed by atoms with Crippen molar-refractivity contribution in [2.45, 2.75) is 51.9 Å². The van der Waals surface area contributed by atoms with Gasteiger partial charge < -0.3 is 0 Å². The molecule has 2 aliphatic carbocycles. The van der Waals surface area contributed by atoms with Crippen LogP contribution in [0.5, 0.6) is 0 Å². The molecule has 0 radical (unpaired) electrons. The second-order valence-electron chi connectivity index (χ2n) is 6.55. The van der Waals surface area contributed by atoms with E-state index in [2.05, 4.69) is 19.1 Å². The summed E-state index contributed by atoms with van der Waals surface area (Å²) in [7, 11) is 0. The van der Waals surface area contributed by atoms with Gasteiger partial charge in [-0.25, -0.2) is 0 Å². The van der Waals surface area contributed by atoms with Gasteiger partial charge in [-0.3, -0.25) is 4.79 Å². The first-order valence-corrected chi connectivity index (χ1v) is 7.88. The van der Waals surface area contributed by atoms with E-state index in [4.69, 9.17) is 0 Å². The van der Waals surface area contributed by atoms with Crippen molar-refractivity contribution >= 4 is 5.78 Å². The molecule has 1 saturated carbocycles. The molecular formula is C18H24O. The summed E-state index contributed by atoms with van der Waals surface area (Å²) in [5.41, 5.74) is 2.29. The van der Waals surface area contributed by atoms with Crippen LogP contribution in [-0.2, 0) is 6.42 Å². The van der Waals surface area contributed by atoms with Crippen LogP contribution in [0.25, 0.3) is 0 Å². The minimum atomic E-state index is 0.298. The molecule has 1 aromatic rings. The number of ketones is 1. The Balaban J connectivity index is 1.85. The first kappa shape index (κ1) is 12.9. The number of Topliss-reactive ketones (excluding diaryl/α,β-unsaturated/α-hetero) is 1. The van der Waals surface area contributed by atoms with E-state index in [0.717, 1.165) is 24.3 Å². The van der Waals surface area contributed by atoms with E-state index in [-0.39, 0.29) is 0 Å². The van der Waals surface area contributed by atoms with Gasteiger partial charge >= 0.3 is 0 Å². The molecule has 1 aromatic carbocycles. The first-order valence-electron chi connectivity index (χ1n) is 7.88. The lowest BCUT2D eigenvalue weighted by atomic mass is 9.72. The van der Waals surface area contributed by atoms with Gasteiger partial charge in [0.25, 0.3) is 0 Å². The van der Waals surface area contributed by atoms with E-state index < -0.39 is 0 Å². The van der Waals surface area contributed by atoms with E-state index in [1.807, 2.05) is 12.1 Å². The maximum atomic E-state index is 12.8. The predicted octanol–water partition coefficient (Wildman–Crippen LogP) is 4.65. The summed E-state index contributed by atoms with van der Waals surface area (Å²) in [6, 6.07) is 8.26. The van der Waals surface area contributed by atoms with Crippen molar-refractivity contribution < 1.29 is 4.79 Å². The number of rotatable bonds is 1. The molecule has 0 amide bonds. The van der Waals surface area contributed by atoms with Gasteiger partial charge in [0.05, 0.1) is 0 Å². The van der Waals surface area contributed by atoms with Crippen LogP contribution < -0.4 is 0 Å². The summed E-state index contributed by atoms with van der Waals surface area (Å²) in [5.74, 6) is 2.19. The summed E-state index contributed by atoms with van der Waals surface area (Å²) >= 11 is 0. The SMILES string of the molecule is CC1CCCC(C2CCCc3ccccc3C2=O)C1. The quantitative estimate of drug-likeness (QED) is 0.668. The van der Waals surface area contributed by atoms with Crippen LogP contribution in [0, 0.1) is 17.8 Å². The Labute approximate surface area is 116 Å². The van der Waals surface area contributed by atoms with Crippen molar-refractivity contribution in [1.82, 2.24) is 0 Å². The topological polar surface area (TPSA) is 17.1 Å². The van der Waals surface area contributed by atoms with Gasteiger partial charge in [0.15, 0.2) is 5.78 Å². The van der Waals surface area contributed by atoms with Crippen LogP contribution in [0.4, 0.5) is 0 Å². The third kappa shape index (κ3) is 2.61. The van der Waals surface area contributed by atoms with Gasteiger partial charge in [-0.1, -0.05) is 44.0 Å². The molecule has 3 rings (SSSR count). The van der Waals surface area contributed by atoms with Crippen LogP contribution in [0.15, 0.2) is 24.3 Å². The molecule has 0 heterocycles. The summed E-state index contributed by atoms with van der Waals surface area (Å²) in [6.07, 6.45) is 8.57. The molecule has 0 aliphatic heterocycles. The molecule has 3 unspecified atom stereocenters. The third-order valence-electron chi connectivity index (χ3n) is 5.13. The molecule has 102 valence electrons. The third-order valence-corrected chi connectivity index (χ3v) is 5.13. The largest absolute Gasteiger partial charge is 0.294 e. The van der Waals surface area contributed by atoms with Gasteiger partial charge in [-0.2, -0.15) is 0 Å². The molecule has 1 fully saturated rings. The number of carbonyl (C=O) groups excluding carboxylic acids is 1. The number of carbonyl (C=O) groups is 1. The number of hydrogen-bond donors (Lipinski definition) is 0. The van der Waals surface area contributed by atoms with E-state index in [1.165, 1.54) is 37.7 Å². The highest BCUT2D eigenvalue weighted by atomic mass is 16.1. The maximum Gasteiger partial charge on any atom is 0.166 e. The van der Waals surface area contributed by atoms with Crippen molar-refractivity contribution in [3.8, 4) is 0 Å². The average Bonchev–Trinajstić information content (AvgIpc) is 2.59. The normalized spacial score (nSPS) is 31.6. The van der Waals surface area contributed by atoms with Crippen LogP contribution in [0.1, 0.15) is 61.4 Å². The fourth-order valence-corrected chi connectivity index (χ4v) is 4.12. The van der Waals surface area contributed by atoms with Crippen molar-refractivity contribution in [2.24, 2.45) is 17.8 Å². The average molecular weight is 256 g/mol. The van der Waals surface area contributed by atoms with Gasteiger partial charge in [0, 0.05) is 11.5 Å². The fraction of sp³-hybridized carbons (Fsp3) is 0.611. The van der Waals surface area contributed by atoms with Gasteiger partial charge in [0.1, 0.15) is 0 Å². The summed E-state index contributed by atoms with van der Waals surface area (Å²) in [6.45, 7) is 2.35. The number of aryl methyl sites for hydroxylation is 1. The van der Waals surface area contributed by atoms with Gasteiger partial charge in [-0.15, -0.1) is 0 Å². The first-order chi connectivity index (χ1) is 9.25. The lowest BCUT2D eigenvalue weighted by Gasteiger charge is -2.32. The molecule has 19 heavy (non-hydrogen) atoms. The lowest BCUT2D eigenvalue weighted by molar-refractivity contribution is 0.0817. The van der Waals surface area contributed by atoms with Gasteiger partial charge in [0.2, 0.25) is 0 Å². The second-order valence-corrected chi connectivity index (χ2v) is 6.55. The zero-order valence-electron chi connectivity index (χ0n) is 11.9. The zero-order valence-corrected chi connectivity index (χ0v) is 11.9. The Morgan fingerprint density at radius 3 is 2.74 bits per heavy atom. The van der Waals surface area contributed by atoms with Crippen molar-refractivity contribution in [2.75, 3.05) is 0 Å². The Morgan fingerprint density at radius 2 is 1.89 bits per heavy atom. The second kappa shape index (κ2) is 5.48. The number of fused-ring (bicyclic) bond motifs is 1. The highest BCUT2D eigenvalue weighted by Crippen LogP contribution is 2.39. The van der Waals surface area contributed by atoms with Crippen LogP contribution in [-0.4, -0.2) is 5.78 Å². The smallest absolute Gasteiger partial charge is 0.166 e. The highest BCUT2D eigenvalue weighted by Gasteiger charge is 2.33. The van der Waals surface area contributed by atoms with E-state index >= 15 is 0 Å². The Bertz CT molecular complexity index is 463. The molecule has 0 bridgehead atoms. The fourth-order valence-electron chi connectivity index (χ4n) is 4.12. The van der Waals surface area contributed by atoms with Crippen molar-refractivity contribution in [3.63, 3.8) is 0 Å². The highest BCUT2D eigenvalue weighted by molar-refractivity contribution is 5.99. The Kier molecular flexibility index (Phi) is 3.72. The van der Waals surface area contributed by atoms with Gasteiger partial charge in [-0.05, 0) is 49.5 Å². The Morgan fingerprint density at radius 1 is 1.05 bits per heavy atom. The Hall–Kier alpha value is -1.11. The van der Waals surface area contributed by atoms with E-state index in [0.29, 0.717) is 17.6 Å². The molecular weight excluding hydrogens is 232 g/mol. The maximum absolute atomic E-state index is 12.8. The molecule has 0 N–H and O–H groups in total. The van der Waals surface area contributed by atoms with E-state index in [1.54, 1.807) is 0 Å². The zero-order chi connectivity index (χ0) is 13.2. The van der Waals surface area contributed by atoms with Crippen molar-refractivity contribution in [1.29, 1.82) is 0 Å². The summed E-state index contributed by atoms with van der Waals surface area (Å²) < 4.78 is 0. The molecule has 1 heteroatoms. The minimum absolute atomic E-state index is 0.298. The standard InChI is InChI=1S/C18H24O/c1-13-6-4-9-15(12-13)17-11-5-8-14-7-2-3-10-16(14)18(17)19/h2-3,7,10,13,15,17H,4-6,8-9,11-12H2,1H3. The predicted molar refractivity (Wildman–Crippen MR) is 78.3 cm³/mol. The van der Waals surface area contributed by atoms with Crippen LogP contribution >= 0.6 is 0 Å². The summed E-state index contributed by atoms with van der Waals surface area (Å²) in [4.78, 5) is 12.8.